The highest BCUT2D eigenvalue weighted by atomic mass is 14.9. The van der Waals surface area contributed by atoms with E-state index in [1.54, 1.807) is 0 Å². The standard InChI is InChI=1S/C19H14N2.C8H11N.CH3N/c20-14-15-11-12-18(16-7-3-1-4-8-16)19(13-15)21-17-9-5-2-6-10-17;1-7(9)8-5-3-2-4-6-8;1-2/h1-13,21H;2-7H,9H2,1H3;2H,1H2. The summed E-state index contributed by atoms with van der Waals surface area (Å²) in [6, 6.07) is 38.2. The lowest BCUT2D eigenvalue weighted by atomic mass is 10.0. The summed E-state index contributed by atoms with van der Waals surface area (Å²) in [5.74, 6) is 0. The number of nitrogens with zero attached hydrogens (tertiary/aromatic N) is 1. The maximum absolute atomic E-state index is 9.11. The molecule has 4 nitrogen and oxygen atoms in total. The van der Waals surface area contributed by atoms with Crippen LogP contribution in [0.15, 0.2) is 109 Å². The number of anilines is 2. The lowest BCUT2D eigenvalue weighted by Gasteiger charge is -2.13. The predicted molar refractivity (Wildman–Crippen MR) is 135 cm³/mol. The molecule has 0 radical (unpaired) electrons. The van der Waals surface area contributed by atoms with Gasteiger partial charge in [-0.3, -0.25) is 0 Å². The van der Waals surface area contributed by atoms with Crippen molar-refractivity contribution in [1.82, 2.24) is 0 Å². The molecule has 0 aliphatic carbocycles. The molecule has 0 bridgehead atoms. The number of para-hydroxylation sites is 1. The van der Waals surface area contributed by atoms with E-state index in [0.29, 0.717) is 5.56 Å². The molecule has 1 unspecified atom stereocenters. The number of hydrogen-bond acceptors (Lipinski definition) is 4. The highest BCUT2D eigenvalue weighted by Gasteiger charge is 2.06. The molecule has 4 aromatic carbocycles. The van der Waals surface area contributed by atoms with E-state index >= 15 is 0 Å². The van der Waals surface area contributed by atoms with Gasteiger partial charge in [-0.1, -0.05) is 84.9 Å². The van der Waals surface area contributed by atoms with Gasteiger partial charge in [-0.2, -0.15) is 5.26 Å². The minimum Gasteiger partial charge on any atom is -0.355 e. The van der Waals surface area contributed by atoms with E-state index in [4.69, 9.17) is 16.4 Å². The first-order valence-electron chi connectivity index (χ1n) is 10.2. The second-order valence-corrected chi connectivity index (χ2v) is 6.93. The fourth-order valence-electron chi connectivity index (χ4n) is 3.02. The Morgan fingerprint density at radius 3 is 1.84 bits per heavy atom. The third-order valence-corrected chi connectivity index (χ3v) is 4.61. The summed E-state index contributed by atoms with van der Waals surface area (Å²) >= 11 is 0. The van der Waals surface area contributed by atoms with Gasteiger partial charge in [0.25, 0.3) is 0 Å². The summed E-state index contributed by atoms with van der Waals surface area (Å²) in [6.07, 6.45) is 0. The van der Waals surface area contributed by atoms with E-state index in [2.05, 4.69) is 30.2 Å². The Labute approximate surface area is 190 Å². The van der Waals surface area contributed by atoms with Crippen molar-refractivity contribution >= 4 is 18.1 Å². The molecule has 0 amide bonds. The van der Waals surface area contributed by atoms with Gasteiger partial charge in [0.2, 0.25) is 0 Å². The SMILES string of the molecule is C=N.CC(N)c1ccccc1.N#Cc1ccc(-c2ccccc2)c(Nc2ccccc2)c1. The van der Waals surface area contributed by atoms with Crippen LogP contribution in [0.5, 0.6) is 0 Å². The van der Waals surface area contributed by atoms with Crippen molar-refractivity contribution in [2.24, 2.45) is 5.73 Å². The van der Waals surface area contributed by atoms with Crippen LogP contribution < -0.4 is 11.1 Å². The molecule has 0 spiro atoms. The van der Waals surface area contributed by atoms with E-state index < -0.39 is 0 Å². The van der Waals surface area contributed by atoms with E-state index in [1.807, 2.05) is 104 Å². The molecule has 4 aromatic rings. The molecule has 0 heterocycles. The Balaban J connectivity index is 0.000000277. The number of hydrogen-bond donors (Lipinski definition) is 3. The lowest BCUT2D eigenvalue weighted by molar-refractivity contribution is 0.818. The van der Waals surface area contributed by atoms with Crippen molar-refractivity contribution in [3.63, 3.8) is 0 Å². The van der Waals surface area contributed by atoms with Gasteiger partial charge in [0, 0.05) is 23.0 Å². The number of nitrogens with one attached hydrogen (secondary N) is 2. The first-order chi connectivity index (χ1) is 15.7. The Morgan fingerprint density at radius 2 is 1.34 bits per heavy atom. The summed E-state index contributed by atoms with van der Waals surface area (Å²) in [5, 5.41) is 18.0. The fourth-order valence-corrected chi connectivity index (χ4v) is 3.02. The molecule has 1 atom stereocenters. The number of benzene rings is 4. The summed E-state index contributed by atoms with van der Waals surface area (Å²) in [7, 11) is 0. The molecule has 0 aliphatic heterocycles. The maximum Gasteiger partial charge on any atom is 0.0992 e. The summed E-state index contributed by atoms with van der Waals surface area (Å²) < 4.78 is 0. The Kier molecular flexibility index (Phi) is 9.91. The van der Waals surface area contributed by atoms with Crippen LogP contribution in [0.1, 0.15) is 24.1 Å². The van der Waals surface area contributed by atoms with Gasteiger partial charge in [0.05, 0.1) is 11.6 Å². The van der Waals surface area contributed by atoms with Crippen molar-refractivity contribution in [3.8, 4) is 17.2 Å². The summed E-state index contributed by atoms with van der Waals surface area (Å²) in [6.45, 7) is 4.48. The van der Waals surface area contributed by atoms with Crippen LogP contribution in [0.2, 0.25) is 0 Å². The van der Waals surface area contributed by atoms with Gasteiger partial charge in [0.15, 0.2) is 0 Å². The van der Waals surface area contributed by atoms with E-state index in [0.717, 1.165) is 22.5 Å². The van der Waals surface area contributed by atoms with E-state index in [1.165, 1.54) is 5.56 Å². The van der Waals surface area contributed by atoms with E-state index in [9.17, 15) is 0 Å². The van der Waals surface area contributed by atoms with Crippen LogP contribution >= 0.6 is 0 Å². The smallest absolute Gasteiger partial charge is 0.0992 e. The van der Waals surface area contributed by atoms with Crippen LogP contribution in [0.3, 0.4) is 0 Å². The average Bonchev–Trinajstić information content (AvgIpc) is 2.87. The van der Waals surface area contributed by atoms with Crippen molar-refractivity contribution in [2.75, 3.05) is 5.32 Å². The molecular formula is C28H28N4. The van der Waals surface area contributed by atoms with Crippen molar-refractivity contribution < 1.29 is 0 Å². The molecule has 0 aromatic heterocycles. The van der Waals surface area contributed by atoms with Crippen LogP contribution in [-0.4, -0.2) is 6.72 Å². The van der Waals surface area contributed by atoms with Crippen LogP contribution in [0.4, 0.5) is 11.4 Å². The molecule has 4 heteroatoms. The molecule has 160 valence electrons. The van der Waals surface area contributed by atoms with Gasteiger partial charge in [-0.15, -0.1) is 0 Å². The zero-order chi connectivity index (χ0) is 23.2. The first-order valence-corrected chi connectivity index (χ1v) is 10.2. The lowest BCUT2D eigenvalue weighted by Crippen LogP contribution is -2.03. The third kappa shape index (κ3) is 7.24. The molecular weight excluding hydrogens is 392 g/mol. The zero-order valence-corrected chi connectivity index (χ0v) is 18.2. The largest absolute Gasteiger partial charge is 0.355 e. The molecule has 32 heavy (non-hydrogen) atoms. The zero-order valence-electron chi connectivity index (χ0n) is 18.2. The maximum atomic E-state index is 9.11. The minimum absolute atomic E-state index is 0.159. The second-order valence-electron chi connectivity index (χ2n) is 6.93. The first kappa shape index (κ1) is 24.1. The highest BCUT2D eigenvalue weighted by Crippen LogP contribution is 2.31. The summed E-state index contributed by atoms with van der Waals surface area (Å²) in [5.41, 5.74) is 11.6. The molecule has 0 aliphatic rings. The fraction of sp³-hybridized carbons (Fsp3) is 0.0714. The van der Waals surface area contributed by atoms with E-state index in [-0.39, 0.29) is 6.04 Å². The van der Waals surface area contributed by atoms with Gasteiger partial charge < -0.3 is 16.5 Å². The summed E-state index contributed by atoms with van der Waals surface area (Å²) in [4.78, 5) is 0. The molecule has 4 rings (SSSR count). The normalized spacial score (nSPS) is 10.3. The Bertz CT molecular complexity index is 1100. The van der Waals surface area contributed by atoms with Gasteiger partial charge >= 0.3 is 0 Å². The van der Waals surface area contributed by atoms with Crippen molar-refractivity contribution in [2.45, 2.75) is 13.0 Å². The Morgan fingerprint density at radius 1 is 0.812 bits per heavy atom. The molecule has 0 fully saturated rings. The van der Waals surface area contributed by atoms with Crippen molar-refractivity contribution in [1.29, 1.82) is 10.7 Å². The van der Waals surface area contributed by atoms with Crippen molar-refractivity contribution in [3.05, 3.63) is 120 Å². The average molecular weight is 421 g/mol. The predicted octanol–water partition coefficient (Wildman–Crippen LogP) is 6.94. The van der Waals surface area contributed by atoms with Gasteiger partial charge in [-0.05, 0) is 49.0 Å². The minimum atomic E-state index is 0.159. The molecule has 0 saturated heterocycles. The van der Waals surface area contributed by atoms with Crippen LogP contribution in [0, 0.1) is 16.7 Å². The topological polar surface area (TPSA) is 85.7 Å². The number of nitrogens with two attached hydrogens (primary N) is 1. The second kappa shape index (κ2) is 13.2. The number of nitriles is 1. The number of rotatable bonds is 4. The van der Waals surface area contributed by atoms with Gasteiger partial charge in [-0.25, -0.2) is 0 Å². The monoisotopic (exact) mass is 420 g/mol. The molecule has 0 saturated carbocycles. The third-order valence-electron chi connectivity index (χ3n) is 4.61. The molecule has 4 N–H and O–H groups in total. The van der Waals surface area contributed by atoms with Gasteiger partial charge in [0.1, 0.15) is 0 Å². The highest BCUT2D eigenvalue weighted by molar-refractivity contribution is 5.82. The quantitative estimate of drug-likeness (QED) is 0.313. The Hall–Kier alpha value is -4.20. The van der Waals surface area contributed by atoms with Crippen LogP contribution in [0.25, 0.3) is 11.1 Å². The van der Waals surface area contributed by atoms with Crippen LogP contribution in [-0.2, 0) is 0 Å².